The summed E-state index contributed by atoms with van der Waals surface area (Å²) in [6.45, 7) is 2.17. The first-order chi connectivity index (χ1) is 7.72. The molecule has 0 heterocycles. The Morgan fingerprint density at radius 3 is 2.62 bits per heavy atom. The summed E-state index contributed by atoms with van der Waals surface area (Å²) in [7, 11) is 0. The first-order valence-electron chi connectivity index (χ1n) is 5.47. The summed E-state index contributed by atoms with van der Waals surface area (Å²) in [6, 6.07) is 8.04. The summed E-state index contributed by atoms with van der Waals surface area (Å²) < 4.78 is 0. The number of unbranched alkanes of at least 4 members (excludes halogenated alkanes) is 1. The Labute approximate surface area is 95.8 Å². The van der Waals surface area contributed by atoms with E-state index in [1.807, 2.05) is 12.1 Å². The molecule has 0 aromatic heterocycles. The second-order valence-electron chi connectivity index (χ2n) is 3.62. The molecule has 0 fully saturated rings. The van der Waals surface area contributed by atoms with Gasteiger partial charge in [-0.2, -0.15) is 0 Å². The molecule has 0 saturated heterocycles. The predicted octanol–water partition coefficient (Wildman–Crippen LogP) is 3.04. The average molecular weight is 219 g/mol. The molecule has 1 aromatic carbocycles. The van der Waals surface area contributed by atoms with Gasteiger partial charge < -0.3 is 10.4 Å². The smallest absolute Gasteiger partial charge is 0.329 e. The largest absolute Gasteiger partial charge is 0.478 e. The number of carbonyl (C=O) groups is 1. The third-order valence-electron chi connectivity index (χ3n) is 2.25. The quantitative estimate of drug-likeness (QED) is 0.723. The van der Waals surface area contributed by atoms with Crippen LogP contribution in [0.15, 0.2) is 36.5 Å². The Hall–Kier alpha value is -1.77. The normalized spacial score (nSPS) is 10.6. The fraction of sp³-hybridized carbons (Fsp3) is 0.308. The minimum absolute atomic E-state index is 0.901. The number of anilines is 1. The van der Waals surface area contributed by atoms with Gasteiger partial charge in [-0.25, -0.2) is 4.79 Å². The van der Waals surface area contributed by atoms with E-state index in [1.165, 1.54) is 24.6 Å². The average Bonchev–Trinajstić information content (AvgIpc) is 2.27. The number of aryl methyl sites for hydroxylation is 1. The fourth-order valence-corrected chi connectivity index (χ4v) is 1.36. The van der Waals surface area contributed by atoms with E-state index in [-0.39, 0.29) is 0 Å². The van der Waals surface area contributed by atoms with Crippen LogP contribution in [-0.4, -0.2) is 11.1 Å². The molecule has 1 rings (SSSR count). The number of benzene rings is 1. The van der Waals surface area contributed by atoms with Crippen molar-refractivity contribution in [1.29, 1.82) is 0 Å². The van der Waals surface area contributed by atoms with Gasteiger partial charge in [-0.3, -0.25) is 0 Å². The van der Waals surface area contributed by atoms with Gasteiger partial charge in [-0.1, -0.05) is 25.5 Å². The SMILES string of the molecule is CCCCc1ccc(N/C=C/C(=O)O)cc1. The molecule has 0 amide bonds. The molecule has 0 aliphatic rings. The number of carboxylic acids is 1. The minimum atomic E-state index is -0.952. The second kappa shape index (κ2) is 6.67. The molecule has 16 heavy (non-hydrogen) atoms. The highest BCUT2D eigenvalue weighted by Crippen LogP contribution is 2.11. The summed E-state index contributed by atoms with van der Waals surface area (Å²) >= 11 is 0. The Kier molecular flexibility index (Phi) is 5.12. The Morgan fingerprint density at radius 2 is 2.06 bits per heavy atom. The second-order valence-corrected chi connectivity index (χ2v) is 3.62. The molecule has 0 aliphatic carbocycles. The molecule has 1 aromatic rings. The highest BCUT2D eigenvalue weighted by molar-refractivity contribution is 5.80. The standard InChI is InChI=1S/C13H17NO2/c1-2-3-4-11-5-7-12(8-6-11)14-10-9-13(15)16/h5-10,14H,2-4H2,1H3,(H,15,16)/b10-9+. The van der Waals surface area contributed by atoms with Crippen molar-refractivity contribution in [2.75, 3.05) is 5.32 Å². The first kappa shape index (κ1) is 12.3. The maximum absolute atomic E-state index is 10.2. The Morgan fingerprint density at radius 1 is 1.38 bits per heavy atom. The number of aliphatic carboxylic acids is 1. The fourth-order valence-electron chi connectivity index (χ4n) is 1.36. The molecular weight excluding hydrogens is 202 g/mol. The van der Waals surface area contributed by atoms with Gasteiger partial charge in [0.2, 0.25) is 0 Å². The zero-order valence-corrected chi connectivity index (χ0v) is 9.44. The van der Waals surface area contributed by atoms with Crippen molar-refractivity contribution in [1.82, 2.24) is 0 Å². The van der Waals surface area contributed by atoms with Crippen molar-refractivity contribution in [3.63, 3.8) is 0 Å². The summed E-state index contributed by atoms with van der Waals surface area (Å²) in [6.07, 6.45) is 5.99. The van der Waals surface area contributed by atoms with Crippen LogP contribution in [0.2, 0.25) is 0 Å². The van der Waals surface area contributed by atoms with Gasteiger partial charge in [0.25, 0.3) is 0 Å². The molecule has 86 valence electrons. The number of hydrogen-bond acceptors (Lipinski definition) is 2. The molecule has 0 saturated carbocycles. The van der Waals surface area contributed by atoms with Crippen molar-refractivity contribution >= 4 is 11.7 Å². The summed E-state index contributed by atoms with van der Waals surface area (Å²) in [5, 5.41) is 11.3. The van der Waals surface area contributed by atoms with E-state index in [0.29, 0.717) is 0 Å². The van der Waals surface area contributed by atoms with E-state index in [0.717, 1.165) is 18.2 Å². The molecule has 0 spiro atoms. The molecule has 0 aliphatic heterocycles. The van der Waals surface area contributed by atoms with Crippen LogP contribution < -0.4 is 5.32 Å². The number of carboxylic acid groups (broad SMARTS) is 1. The lowest BCUT2D eigenvalue weighted by molar-refractivity contribution is -0.131. The molecule has 3 nitrogen and oxygen atoms in total. The van der Waals surface area contributed by atoms with Crippen LogP contribution in [0.25, 0.3) is 0 Å². The minimum Gasteiger partial charge on any atom is -0.478 e. The topological polar surface area (TPSA) is 49.3 Å². The molecule has 0 atom stereocenters. The maximum Gasteiger partial charge on any atom is 0.329 e. The third-order valence-corrected chi connectivity index (χ3v) is 2.25. The summed E-state index contributed by atoms with van der Waals surface area (Å²) in [4.78, 5) is 10.2. The van der Waals surface area contributed by atoms with Crippen LogP contribution in [-0.2, 0) is 11.2 Å². The third kappa shape index (κ3) is 4.64. The van der Waals surface area contributed by atoms with Crippen molar-refractivity contribution in [2.45, 2.75) is 26.2 Å². The Balaban J connectivity index is 2.48. The number of rotatable bonds is 6. The van der Waals surface area contributed by atoms with Gasteiger partial charge in [0, 0.05) is 18.0 Å². The van der Waals surface area contributed by atoms with Crippen molar-refractivity contribution < 1.29 is 9.90 Å². The lowest BCUT2D eigenvalue weighted by Gasteiger charge is -2.03. The predicted molar refractivity (Wildman–Crippen MR) is 65.5 cm³/mol. The van der Waals surface area contributed by atoms with E-state index in [4.69, 9.17) is 5.11 Å². The van der Waals surface area contributed by atoms with Crippen LogP contribution in [0.5, 0.6) is 0 Å². The Bertz CT molecular complexity index is 355. The number of nitrogens with one attached hydrogen (secondary N) is 1. The molecule has 2 N–H and O–H groups in total. The van der Waals surface area contributed by atoms with E-state index >= 15 is 0 Å². The van der Waals surface area contributed by atoms with Gasteiger partial charge in [0.05, 0.1) is 0 Å². The lowest BCUT2D eigenvalue weighted by atomic mass is 10.1. The zero-order chi connectivity index (χ0) is 11.8. The monoisotopic (exact) mass is 219 g/mol. The van der Waals surface area contributed by atoms with E-state index in [1.54, 1.807) is 0 Å². The zero-order valence-electron chi connectivity index (χ0n) is 9.44. The van der Waals surface area contributed by atoms with Gasteiger partial charge in [-0.05, 0) is 30.5 Å². The maximum atomic E-state index is 10.2. The molecule has 0 unspecified atom stereocenters. The first-order valence-corrected chi connectivity index (χ1v) is 5.47. The number of hydrogen-bond donors (Lipinski definition) is 2. The highest BCUT2D eigenvalue weighted by Gasteiger charge is 1.93. The van der Waals surface area contributed by atoms with Gasteiger partial charge in [0.15, 0.2) is 0 Å². The summed E-state index contributed by atoms with van der Waals surface area (Å²) in [5.74, 6) is -0.952. The molecule has 0 bridgehead atoms. The molecule has 0 radical (unpaired) electrons. The van der Waals surface area contributed by atoms with Crippen LogP contribution in [0.4, 0.5) is 5.69 Å². The van der Waals surface area contributed by atoms with Crippen LogP contribution in [0, 0.1) is 0 Å². The summed E-state index contributed by atoms with van der Waals surface area (Å²) in [5.41, 5.74) is 2.22. The highest BCUT2D eigenvalue weighted by atomic mass is 16.4. The van der Waals surface area contributed by atoms with Crippen molar-refractivity contribution in [2.24, 2.45) is 0 Å². The lowest BCUT2D eigenvalue weighted by Crippen LogP contribution is -1.92. The van der Waals surface area contributed by atoms with E-state index in [9.17, 15) is 4.79 Å². The van der Waals surface area contributed by atoms with Crippen LogP contribution in [0.3, 0.4) is 0 Å². The van der Waals surface area contributed by atoms with E-state index in [2.05, 4.69) is 24.4 Å². The van der Waals surface area contributed by atoms with Crippen molar-refractivity contribution in [3.05, 3.63) is 42.1 Å². The van der Waals surface area contributed by atoms with Gasteiger partial charge >= 0.3 is 5.97 Å². The molecular formula is C13H17NO2. The van der Waals surface area contributed by atoms with Crippen molar-refractivity contribution in [3.8, 4) is 0 Å². The van der Waals surface area contributed by atoms with Gasteiger partial charge in [-0.15, -0.1) is 0 Å². The van der Waals surface area contributed by atoms with E-state index < -0.39 is 5.97 Å². The van der Waals surface area contributed by atoms with Gasteiger partial charge in [0.1, 0.15) is 0 Å². The van der Waals surface area contributed by atoms with Crippen LogP contribution in [0.1, 0.15) is 25.3 Å². The van der Waals surface area contributed by atoms with Crippen LogP contribution >= 0.6 is 0 Å². The molecule has 3 heteroatoms.